The van der Waals surface area contributed by atoms with Gasteiger partial charge in [0.05, 0.1) is 5.75 Å². The third-order valence-electron chi connectivity index (χ3n) is 1.06. The van der Waals surface area contributed by atoms with Crippen molar-refractivity contribution in [3.05, 3.63) is 0 Å². The zero-order valence-corrected chi connectivity index (χ0v) is 8.18. The average Bonchev–Trinajstić information content (AvgIpc) is 1.60. The van der Waals surface area contributed by atoms with Crippen molar-refractivity contribution in [3.8, 4) is 0 Å². The van der Waals surface area contributed by atoms with Gasteiger partial charge < -0.3 is 0 Å². The molecule has 0 aliphatic carbocycles. The molecular weight excluding hydrogens is 222 g/mol. The van der Waals surface area contributed by atoms with Gasteiger partial charge in [-0.3, -0.25) is 4.55 Å². The Kier molecular flexibility index (Phi) is 3.79. The lowest BCUT2D eigenvalue weighted by Gasteiger charge is -2.14. The molecule has 0 spiro atoms. The van der Waals surface area contributed by atoms with Crippen LogP contribution in [0.2, 0.25) is 0 Å². The van der Waals surface area contributed by atoms with E-state index >= 15 is 0 Å². The molecule has 0 amide bonds. The van der Waals surface area contributed by atoms with E-state index in [0.29, 0.717) is 0 Å². The van der Waals surface area contributed by atoms with E-state index in [0.717, 1.165) is 0 Å². The smallest absolute Gasteiger partial charge is 0.266 e. The molecule has 0 radical (unpaired) electrons. The fraction of sp³-hybridized carbons (Fsp3) is 1.00. The van der Waals surface area contributed by atoms with E-state index in [9.17, 15) is 8.42 Å². The summed E-state index contributed by atoms with van der Waals surface area (Å²) >= 11 is 3.05. The minimum absolute atomic E-state index is 0.227. The second-order valence-corrected chi connectivity index (χ2v) is 4.74. The van der Waals surface area contributed by atoms with E-state index in [4.69, 9.17) is 4.55 Å². The highest BCUT2D eigenvalue weighted by atomic mass is 79.9. The Hall–Kier alpha value is 0.350. The van der Waals surface area contributed by atoms with Crippen LogP contribution >= 0.6 is 16.1 Å². The average molecular weight is 232 g/mol. The van der Waals surface area contributed by atoms with Crippen molar-refractivity contribution in [2.24, 2.45) is 0 Å². The Morgan fingerprint density at radius 2 is 2.10 bits per heavy atom. The van der Waals surface area contributed by atoms with Crippen LogP contribution in [-0.4, -0.2) is 35.7 Å². The Bertz CT molecular complexity index is 189. The van der Waals surface area contributed by atoms with Crippen LogP contribution in [0.1, 0.15) is 6.92 Å². The van der Waals surface area contributed by atoms with Crippen LogP contribution in [0.5, 0.6) is 0 Å². The van der Waals surface area contributed by atoms with Crippen molar-refractivity contribution in [2.45, 2.75) is 13.0 Å². The topological polar surface area (TPSA) is 57.6 Å². The highest BCUT2D eigenvalue weighted by molar-refractivity contribution is 9.07. The standard InChI is InChI=1S/C4H10BrNO3S/c1-4(6(2)5)3-10(7,8)9/h4H,3H2,1-2H3,(H,7,8,9). The van der Waals surface area contributed by atoms with Crippen LogP contribution in [0, 0.1) is 0 Å². The summed E-state index contributed by atoms with van der Waals surface area (Å²) in [4.78, 5) is 0. The third kappa shape index (κ3) is 5.16. The number of hydrogen-bond acceptors (Lipinski definition) is 3. The third-order valence-corrected chi connectivity index (χ3v) is 2.66. The summed E-state index contributed by atoms with van der Waals surface area (Å²) in [5, 5.41) is 0. The molecule has 0 bridgehead atoms. The first kappa shape index (κ1) is 10.3. The summed E-state index contributed by atoms with van der Waals surface area (Å²) in [6.45, 7) is 1.68. The molecule has 1 atom stereocenters. The number of nitrogens with zero attached hydrogens (tertiary/aromatic N) is 1. The molecule has 0 heterocycles. The van der Waals surface area contributed by atoms with Crippen molar-refractivity contribution < 1.29 is 13.0 Å². The first-order valence-corrected chi connectivity index (χ1v) is 4.98. The van der Waals surface area contributed by atoms with Gasteiger partial charge >= 0.3 is 0 Å². The molecule has 0 aliphatic heterocycles. The maximum Gasteiger partial charge on any atom is 0.266 e. The molecule has 0 saturated carbocycles. The van der Waals surface area contributed by atoms with Gasteiger partial charge in [-0.15, -0.1) is 0 Å². The zero-order chi connectivity index (χ0) is 8.36. The SMILES string of the molecule is CC(CS(=O)(=O)O)N(C)Br. The second kappa shape index (κ2) is 3.66. The van der Waals surface area contributed by atoms with E-state index in [1.165, 1.54) is 0 Å². The quantitative estimate of drug-likeness (QED) is 0.568. The maximum atomic E-state index is 10.3. The lowest BCUT2D eigenvalue weighted by atomic mass is 10.4. The molecule has 4 nitrogen and oxygen atoms in total. The minimum Gasteiger partial charge on any atom is -0.285 e. The van der Waals surface area contributed by atoms with E-state index in [1.807, 2.05) is 0 Å². The van der Waals surface area contributed by atoms with Crippen LogP contribution in [0.25, 0.3) is 0 Å². The predicted molar refractivity (Wildman–Crippen MR) is 42.6 cm³/mol. The summed E-state index contributed by atoms with van der Waals surface area (Å²) in [5.74, 6) is -0.255. The van der Waals surface area contributed by atoms with Gasteiger partial charge in [0.1, 0.15) is 0 Å². The highest BCUT2D eigenvalue weighted by Gasteiger charge is 2.14. The zero-order valence-electron chi connectivity index (χ0n) is 5.78. The Morgan fingerprint density at radius 3 is 2.20 bits per heavy atom. The molecule has 0 fully saturated rings. The molecule has 0 aromatic heterocycles. The van der Waals surface area contributed by atoms with E-state index in [-0.39, 0.29) is 11.8 Å². The monoisotopic (exact) mass is 231 g/mol. The van der Waals surface area contributed by atoms with Gasteiger partial charge in [0, 0.05) is 22.2 Å². The van der Waals surface area contributed by atoms with Crippen molar-refractivity contribution in [1.29, 1.82) is 0 Å². The molecular formula is C4H10BrNO3S. The van der Waals surface area contributed by atoms with Crippen LogP contribution in [0.15, 0.2) is 0 Å². The lowest BCUT2D eigenvalue weighted by molar-refractivity contribution is 0.441. The molecule has 0 aromatic carbocycles. The normalized spacial score (nSPS) is 15.7. The summed E-state index contributed by atoms with van der Waals surface area (Å²) < 4.78 is 30.4. The minimum atomic E-state index is -3.84. The number of rotatable bonds is 3. The molecule has 10 heavy (non-hydrogen) atoms. The summed E-state index contributed by atoms with van der Waals surface area (Å²) in [5.41, 5.74) is 0. The van der Waals surface area contributed by atoms with Crippen molar-refractivity contribution in [2.75, 3.05) is 12.8 Å². The largest absolute Gasteiger partial charge is 0.285 e. The van der Waals surface area contributed by atoms with Crippen molar-refractivity contribution in [1.82, 2.24) is 3.93 Å². The Morgan fingerprint density at radius 1 is 1.70 bits per heavy atom. The summed E-state index contributed by atoms with van der Waals surface area (Å²) in [7, 11) is -2.16. The molecule has 0 aliphatic rings. The molecule has 1 unspecified atom stereocenters. The van der Waals surface area contributed by atoms with Crippen LogP contribution < -0.4 is 0 Å². The molecule has 0 aromatic rings. The molecule has 1 N–H and O–H groups in total. The Labute approximate surface area is 69.3 Å². The first-order valence-electron chi connectivity index (χ1n) is 2.66. The lowest BCUT2D eigenvalue weighted by Crippen LogP contribution is -2.27. The van der Waals surface area contributed by atoms with Crippen molar-refractivity contribution >= 4 is 26.3 Å². The summed E-state index contributed by atoms with van der Waals surface area (Å²) in [6.07, 6.45) is 0. The van der Waals surface area contributed by atoms with Gasteiger partial charge in [-0.05, 0) is 14.0 Å². The molecule has 62 valence electrons. The van der Waals surface area contributed by atoms with Crippen LogP contribution in [0.3, 0.4) is 0 Å². The van der Waals surface area contributed by atoms with Gasteiger partial charge in [-0.1, -0.05) is 0 Å². The van der Waals surface area contributed by atoms with E-state index in [1.54, 1.807) is 17.9 Å². The van der Waals surface area contributed by atoms with E-state index in [2.05, 4.69) is 16.1 Å². The summed E-state index contributed by atoms with van der Waals surface area (Å²) in [6, 6.07) is -0.227. The maximum absolute atomic E-state index is 10.3. The van der Waals surface area contributed by atoms with Gasteiger partial charge in [-0.25, -0.2) is 3.93 Å². The molecule has 0 saturated heterocycles. The number of hydrogen-bond donors (Lipinski definition) is 1. The Balaban J connectivity index is 3.93. The van der Waals surface area contributed by atoms with Gasteiger partial charge in [-0.2, -0.15) is 8.42 Å². The van der Waals surface area contributed by atoms with E-state index < -0.39 is 10.1 Å². The number of halogens is 1. The van der Waals surface area contributed by atoms with Gasteiger partial charge in [0.15, 0.2) is 0 Å². The van der Waals surface area contributed by atoms with Crippen LogP contribution in [-0.2, 0) is 10.1 Å². The molecule has 0 rings (SSSR count). The fourth-order valence-electron chi connectivity index (χ4n) is 0.408. The first-order chi connectivity index (χ1) is 4.33. The second-order valence-electron chi connectivity index (χ2n) is 2.12. The predicted octanol–water partition coefficient (Wildman–Crippen LogP) is 0.504. The van der Waals surface area contributed by atoms with Gasteiger partial charge in [0.25, 0.3) is 10.1 Å². The highest BCUT2D eigenvalue weighted by Crippen LogP contribution is 2.03. The molecule has 6 heteroatoms. The van der Waals surface area contributed by atoms with Crippen LogP contribution in [0.4, 0.5) is 0 Å². The van der Waals surface area contributed by atoms with Gasteiger partial charge in [0.2, 0.25) is 0 Å². The van der Waals surface area contributed by atoms with Crippen molar-refractivity contribution in [3.63, 3.8) is 0 Å². The fourth-order valence-corrected chi connectivity index (χ4v) is 1.58.